The summed E-state index contributed by atoms with van der Waals surface area (Å²) < 4.78 is 0. The van der Waals surface area contributed by atoms with Gasteiger partial charge in [0.25, 0.3) is 0 Å². The molecule has 8 unspecified atom stereocenters. The lowest BCUT2D eigenvalue weighted by molar-refractivity contribution is -0.139. The standard InChI is InChI=1S/C21H34O.C5H11NO2/c1-14(22)17-9-10-18-16-8-7-15-6-4-5-12-20(15,2)19(16)11-13-21(17,18)3;1-3(2)4(6)5(7)8/h15-19H,4-13H2,1-3H3;3-4H,6H2,1-2H3,(H,7,8). The van der Waals surface area contributed by atoms with Gasteiger partial charge >= 0.3 is 5.97 Å². The molecular formula is C26H45NO3. The second-order valence-corrected chi connectivity index (χ2v) is 11.8. The Hall–Kier alpha value is -0.900. The molecule has 4 fully saturated rings. The van der Waals surface area contributed by atoms with E-state index in [9.17, 15) is 9.59 Å². The van der Waals surface area contributed by atoms with Crippen LogP contribution in [0.1, 0.15) is 98.8 Å². The fourth-order valence-electron chi connectivity index (χ4n) is 8.25. The number of carbonyl (C=O) groups excluding carboxylic acids is 1. The lowest BCUT2D eigenvalue weighted by atomic mass is 9.45. The highest BCUT2D eigenvalue weighted by atomic mass is 16.4. The summed E-state index contributed by atoms with van der Waals surface area (Å²) in [6.07, 6.45) is 14.1. The highest BCUT2D eigenvalue weighted by Crippen LogP contribution is 2.67. The smallest absolute Gasteiger partial charge is 0.320 e. The molecule has 0 amide bonds. The number of nitrogens with two attached hydrogens (primary N) is 1. The topological polar surface area (TPSA) is 80.4 Å². The van der Waals surface area contributed by atoms with Crippen LogP contribution in [0, 0.1) is 46.3 Å². The van der Waals surface area contributed by atoms with Gasteiger partial charge in [0.1, 0.15) is 11.8 Å². The van der Waals surface area contributed by atoms with E-state index < -0.39 is 12.0 Å². The number of hydrogen-bond donors (Lipinski definition) is 2. The van der Waals surface area contributed by atoms with Crippen molar-refractivity contribution in [2.45, 2.75) is 105 Å². The van der Waals surface area contributed by atoms with Crippen LogP contribution in [-0.2, 0) is 9.59 Å². The molecule has 4 aliphatic carbocycles. The van der Waals surface area contributed by atoms with Crippen molar-refractivity contribution >= 4 is 11.8 Å². The van der Waals surface area contributed by atoms with Crippen LogP contribution in [-0.4, -0.2) is 22.9 Å². The van der Waals surface area contributed by atoms with Gasteiger partial charge in [0.15, 0.2) is 0 Å². The number of carboxylic acids is 1. The van der Waals surface area contributed by atoms with Gasteiger partial charge in [0, 0.05) is 5.92 Å². The Morgan fingerprint density at radius 3 is 2.13 bits per heavy atom. The molecule has 0 aromatic heterocycles. The summed E-state index contributed by atoms with van der Waals surface area (Å²) in [6, 6.07) is -0.713. The van der Waals surface area contributed by atoms with Gasteiger partial charge in [0.05, 0.1) is 0 Å². The van der Waals surface area contributed by atoms with Crippen LogP contribution in [0.4, 0.5) is 0 Å². The number of rotatable bonds is 3. The van der Waals surface area contributed by atoms with Gasteiger partial charge in [-0.2, -0.15) is 0 Å². The Labute approximate surface area is 183 Å². The molecule has 172 valence electrons. The van der Waals surface area contributed by atoms with Gasteiger partial charge in [-0.15, -0.1) is 0 Å². The molecule has 0 aromatic carbocycles. The SMILES string of the molecule is CC(=O)C1CCC2C3CCC4CCCCC4(C)C3CCC12C.CC(C)C(N)C(=O)O. The summed E-state index contributed by atoms with van der Waals surface area (Å²) in [5.41, 5.74) is 6.13. The zero-order valence-corrected chi connectivity index (χ0v) is 20.0. The van der Waals surface area contributed by atoms with Crippen LogP contribution in [0.2, 0.25) is 0 Å². The summed E-state index contributed by atoms with van der Waals surface area (Å²) in [7, 11) is 0. The van der Waals surface area contributed by atoms with E-state index in [0.29, 0.717) is 22.5 Å². The summed E-state index contributed by atoms with van der Waals surface area (Å²) in [5, 5.41) is 8.23. The van der Waals surface area contributed by atoms with Crippen molar-refractivity contribution < 1.29 is 14.7 Å². The summed E-state index contributed by atoms with van der Waals surface area (Å²) in [6.45, 7) is 10.5. The molecule has 0 saturated heterocycles. The van der Waals surface area contributed by atoms with Crippen LogP contribution in [0.5, 0.6) is 0 Å². The number of carboxylic acid groups (broad SMARTS) is 1. The van der Waals surface area contributed by atoms with Crippen LogP contribution in [0.3, 0.4) is 0 Å². The second-order valence-electron chi connectivity index (χ2n) is 11.8. The summed E-state index contributed by atoms with van der Waals surface area (Å²) in [4.78, 5) is 22.2. The minimum Gasteiger partial charge on any atom is -0.480 e. The van der Waals surface area contributed by atoms with Gasteiger partial charge < -0.3 is 10.8 Å². The molecule has 0 bridgehead atoms. The largest absolute Gasteiger partial charge is 0.480 e. The first-order chi connectivity index (χ1) is 14.0. The number of ketones is 1. The third-order valence-electron chi connectivity index (χ3n) is 10.1. The summed E-state index contributed by atoms with van der Waals surface area (Å²) >= 11 is 0. The molecular weight excluding hydrogens is 374 g/mol. The maximum Gasteiger partial charge on any atom is 0.320 e. The average Bonchev–Trinajstić information content (AvgIpc) is 3.04. The Bertz CT molecular complexity index is 646. The Morgan fingerprint density at radius 2 is 1.57 bits per heavy atom. The molecule has 4 heteroatoms. The molecule has 4 aliphatic rings. The van der Waals surface area contributed by atoms with Gasteiger partial charge in [0.2, 0.25) is 0 Å². The van der Waals surface area contributed by atoms with E-state index >= 15 is 0 Å². The van der Waals surface area contributed by atoms with Gasteiger partial charge in [-0.25, -0.2) is 0 Å². The number of Topliss-reactive ketones (excluding diaryl/α,β-unsaturated/α-hetero) is 1. The molecule has 30 heavy (non-hydrogen) atoms. The Kier molecular flexibility index (Phi) is 7.06. The quantitative estimate of drug-likeness (QED) is 0.617. The third kappa shape index (κ3) is 4.10. The molecule has 0 radical (unpaired) electrons. The van der Waals surface area contributed by atoms with E-state index in [1.165, 1.54) is 64.2 Å². The van der Waals surface area contributed by atoms with Crippen molar-refractivity contribution in [3.8, 4) is 0 Å². The molecule has 4 saturated carbocycles. The van der Waals surface area contributed by atoms with E-state index in [0.717, 1.165) is 23.7 Å². The number of fused-ring (bicyclic) bond motifs is 5. The van der Waals surface area contributed by atoms with Crippen LogP contribution < -0.4 is 5.73 Å². The zero-order chi connectivity index (χ0) is 22.3. The normalized spacial score (nSPS) is 43.5. The monoisotopic (exact) mass is 419 g/mol. The fraction of sp³-hybridized carbons (Fsp3) is 0.923. The second kappa shape index (κ2) is 8.92. The van der Waals surface area contributed by atoms with Gasteiger partial charge in [-0.1, -0.05) is 40.5 Å². The predicted octanol–water partition coefficient (Wildman–Crippen LogP) is 5.68. The third-order valence-corrected chi connectivity index (χ3v) is 10.1. The zero-order valence-electron chi connectivity index (χ0n) is 20.0. The first kappa shape index (κ1) is 23.8. The lowest BCUT2D eigenvalue weighted by Gasteiger charge is -2.60. The van der Waals surface area contributed by atoms with Crippen molar-refractivity contribution in [2.24, 2.45) is 52.1 Å². The van der Waals surface area contributed by atoms with E-state index in [1.54, 1.807) is 13.8 Å². The molecule has 0 heterocycles. The minimum absolute atomic E-state index is 0.0208. The number of aliphatic carboxylic acids is 1. The molecule has 0 aliphatic heterocycles. The van der Waals surface area contributed by atoms with Gasteiger partial charge in [-0.05, 0) is 98.7 Å². The first-order valence-corrected chi connectivity index (χ1v) is 12.5. The predicted molar refractivity (Wildman–Crippen MR) is 121 cm³/mol. The van der Waals surface area contributed by atoms with Crippen molar-refractivity contribution in [3.63, 3.8) is 0 Å². The number of hydrogen-bond acceptors (Lipinski definition) is 3. The van der Waals surface area contributed by atoms with E-state index in [-0.39, 0.29) is 5.92 Å². The van der Waals surface area contributed by atoms with Crippen molar-refractivity contribution in [2.75, 3.05) is 0 Å². The Balaban J connectivity index is 0.000000275. The lowest BCUT2D eigenvalue weighted by Crippen LogP contribution is -2.53. The van der Waals surface area contributed by atoms with Gasteiger partial charge in [-0.3, -0.25) is 9.59 Å². The maximum atomic E-state index is 12.2. The van der Waals surface area contributed by atoms with E-state index in [4.69, 9.17) is 10.8 Å². The van der Waals surface area contributed by atoms with Crippen LogP contribution in [0.25, 0.3) is 0 Å². The van der Waals surface area contributed by atoms with E-state index in [1.807, 2.05) is 6.92 Å². The maximum absolute atomic E-state index is 12.2. The molecule has 0 aromatic rings. The van der Waals surface area contributed by atoms with Crippen molar-refractivity contribution in [1.82, 2.24) is 0 Å². The average molecular weight is 420 g/mol. The van der Waals surface area contributed by atoms with Crippen LogP contribution >= 0.6 is 0 Å². The molecule has 0 spiro atoms. The molecule has 4 nitrogen and oxygen atoms in total. The highest BCUT2D eigenvalue weighted by molar-refractivity contribution is 5.79. The Morgan fingerprint density at radius 1 is 0.900 bits per heavy atom. The van der Waals surface area contributed by atoms with Crippen molar-refractivity contribution in [1.29, 1.82) is 0 Å². The van der Waals surface area contributed by atoms with E-state index in [2.05, 4.69) is 13.8 Å². The fourth-order valence-corrected chi connectivity index (χ4v) is 8.25. The molecule has 8 atom stereocenters. The molecule has 4 rings (SSSR count). The first-order valence-electron chi connectivity index (χ1n) is 12.5. The highest BCUT2D eigenvalue weighted by Gasteiger charge is 2.60. The summed E-state index contributed by atoms with van der Waals surface area (Å²) in [5.74, 6) is 3.69. The van der Waals surface area contributed by atoms with Crippen molar-refractivity contribution in [3.05, 3.63) is 0 Å². The number of carbonyl (C=O) groups is 2. The van der Waals surface area contributed by atoms with Crippen LogP contribution in [0.15, 0.2) is 0 Å². The molecule has 3 N–H and O–H groups in total. The minimum atomic E-state index is -0.931.